The van der Waals surface area contributed by atoms with Crippen LogP contribution in [0.3, 0.4) is 0 Å². The second kappa shape index (κ2) is 4.06. The SMILES string of the molecule is Nc1c(Cl)ncnc1NC1CCS(=O)(=O)C1. The van der Waals surface area contributed by atoms with Crippen molar-refractivity contribution in [2.75, 3.05) is 22.6 Å². The molecule has 0 radical (unpaired) electrons. The minimum atomic E-state index is -2.92. The van der Waals surface area contributed by atoms with Crippen molar-refractivity contribution in [1.82, 2.24) is 9.97 Å². The number of anilines is 2. The summed E-state index contributed by atoms with van der Waals surface area (Å²) in [4.78, 5) is 7.64. The molecule has 1 aromatic rings. The fourth-order valence-corrected chi connectivity index (χ4v) is 3.40. The number of halogens is 1. The van der Waals surface area contributed by atoms with Crippen molar-refractivity contribution in [1.29, 1.82) is 0 Å². The molecule has 3 N–H and O–H groups in total. The van der Waals surface area contributed by atoms with Gasteiger partial charge in [-0.1, -0.05) is 11.6 Å². The third-order valence-electron chi connectivity index (χ3n) is 2.41. The fraction of sp³-hybridized carbons (Fsp3) is 0.500. The molecule has 1 fully saturated rings. The molecule has 1 aliphatic rings. The molecule has 8 heteroatoms. The number of nitrogens with two attached hydrogens (primary N) is 1. The molecule has 6 nitrogen and oxygen atoms in total. The van der Waals surface area contributed by atoms with Gasteiger partial charge in [-0.05, 0) is 6.42 Å². The molecule has 0 aromatic carbocycles. The molecule has 0 spiro atoms. The molecular weight excluding hydrogens is 252 g/mol. The molecule has 1 aromatic heterocycles. The molecule has 2 heterocycles. The molecule has 1 saturated heterocycles. The van der Waals surface area contributed by atoms with Crippen molar-refractivity contribution in [3.8, 4) is 0 Å². The first-order chi connectivity index (χ1) is 7.48. The van der Waals surface area contributed by atoms with E-state index in [1.807, 2.05) is 0 Å². The summed E-state index contributed by atoms with van der Waals surface area (Å²) in [6.45, 7) is 0. The Balaban J connectivity index is 2.14. The van der Waals surface area contributed by atoms with E-state index in [2.05, 4.69) is 15.3 Å². The van der Waals surface area contributed by atoms with Crippen LogP contribution in [-0.2, 0) is 9.84 Å². The van der Waals surface area contributed by atoms with Gasteiger partial charge in [0.15, 0.2) is 20.8 Å². The maximum atomic E-state index is 11.3. The van der Waals surface area contributed by atoms with Crippen LogP contribution in [0.1, 0.15) is 6.42 Å². The maximum Gasteiger partial charge on any atom is 0.157 e. The second-order valence-corrected chi connectivity index (χ2v) is 6.26. The summed E-state index contributed by atoms with van der Waals surface area (Å²) in [7, 11) is -2.92. The number of nitrogens with zero attached hydrogens (tertiary/aromatic N) is 2. The first-order valence-electron chi connectivity index (χ1n) is 4.71. The lowest BCUT2D eigenvalue weighted by Crippen LogP contribution is -2.22. The minimum Gasteiger partial charge on any atom is -0.393 e. The Morgan fingerprint density at radius 3 is 2.88 bits per heavy atom. The van der Waals surface area contributed by atoms with Crippen LogP contribution in [0.2, 0.25) is 5.15 Å². The average Bonchev–Trinajstić information content (AvgIpc) is 2.53. The average molecular weight is 263 g/mol. The Hall–Kier alpha value is -1.08. The van der Waals surface area contributed by atoms with Crippen LogP contribution in [0.25, 0.3) is 0 Å². The van der Waals surface area contributed by atoms with Gasteiger partial charge in [-0.15, -0.1) is 0 Å². The Morgan fingerprint density at radius 2 is 2.25 bits per heavy atom. The van der Waals surface area contributed by atoms with Gasteiger partial charge in [-0.25, -0.2) is 18.4 Å². The van der Waals surface area contributed by atoms with Crippen molar-refractivity contribution in [3.63, 3.8) is 0 Å². The van der Waals surface area contributed by atoms with E-state index in [-0.39, 0.29) is 28.4 Å². The molecule has 88 valence electrons. The number of rotatable bonds is 2. The first-order valence-corrected chi connectivity index (χ1v) is 6.91. The molecule has 1 unspecified atom stereocenters. The topological polar surface area (TPSA) is 98.0 Å². The van der Waals surface area contributed by atoms with Crippen molar-refractivity contribution in [2.24, 2.45) is 0 Å². The third kappa shape index (κ3) is 2.35. The van der Waals surface area contributed by atoms with Gasteiger partial charge in [0.2, 0.25) is 0 Å². The van der Waals surface area contributed by atoms with Crippen LogP contribution in [-0.4, -0.2) is 35.9 Å². The standard InChI is InChI=1S/C8H11ClN4O2S/c9-7-6(10)8(12-4-11-7)13-5-1-2-16(14,15)3-5/h4-5H,1-3,10H2,(H,11,12,13). The predicted molar refractivity (Wildman–Crippen MR) is 62.1 cm³/mol. The summed E-state index contributed by atoms with van der Waals surface area (Å²) < 4.78 is 22.5. The van der Waals surface area contributed by atoms with Crippen LogP contribution < -0.4 is 11.1 Å². The number of nitrogens with one attached hydrogen (secondary N) is 1. The van der Waals surface area contributed by atoms with Crippen molar-refractivity contribution < 1.29 is 8.42 Å². The highest BCUT2D eigenvalue weighted by Gasteiger charge is 2.28. The monoisotopic (exact) mass is 262 g/mol. The summed E-state index contributed by atoms with van der Waals surface area (Å²) in [6, 6.07) is -0.154. The summed E-state index contributed by atoms with van der Waals surface area (Å²) >= 11 is 5.72. The Morgan fingerprint density at radius 1 is 1.50 bits per heavy atom. The van der Waals surface area contributed by atoms with Crippen LogP contribution in [0.5, 0.6) is 0 Å². The molecule has 0 amide bonds. The van der Waals surface area contributed by atoms with Crippen LogP contribution in [0.15, 0.2) is 6.33 Å². The first kappa shape index (κ1) is 11.4. The van der Waals surface area contributed by atoms with E-state index in [9.17, 15) is 8.42 Å². The van der Waals surface area contributed by atoms with Gasteiger partial charge in [0.05, 0.1) is 11.5 Å². The van der Waals surface area contributed by atoms with Gasteiger partial charge < -0.3 is 11.1 Å². The summed E-state index contributed by atoms with van der Waals surface area (Å²) in [5, 5.41) is 3.13. The maximum absolute atomic E-state index is 11.3. The normalized spacial score (nSPS) is 23.2. The molecule has 0 saturated carbocycles. The summed E-state index contributed by atoms with van der Waals surface area (Å²) in [5.41, 5.74) is 5.90. The highest BCUT2D eigenvalue weighted by molar-refractivity contribution is 7.91. The number of nitrogen functional groups attached to an aromatic ring is 1. The zero-order chi connectivity index (χ0) is 11.8. The highest BCUT2D eigenvalue weighted by Crippen LogP contribution is 2.24. The lowest BCUT2D eigenvalue weighted by atomic mass is 10.2. The quantitative estimate of drug-likeness (QED) is 0.745. The summed E-state index contributed by atoms with van der Waals surface area (Å²) in [5.74, 6) is 0.694. The lowest BCUT2D eigenvalue weighted by Gasteiger charge is -2.13. The van der Waals surface area contributed by atoms with Gasteiger partial charge in [-0.2, -0.15) is 0 Å². The van der Waals surface area contributed by atoms with Gasteiger partial charge in [0.25, 0.3) is 0 Å². The second-order valence-electron chi connectivity index (χ2n) is 3.67. The van der Waals surface area contributed by atoms with E-state index >= 15 is 0 Å². The fourth-order valence-electron chi connectivity index (χ4n) is 1.59. The molecule has 16 heavy (non-hydrogen) atoms. The molecule has 0 aliphatic carbocycles. The van der Waals surface area contributed by atoms with E-state index in [4.69, 9.17) is 17.3 Å². The smallest absolute Gasteiger partial charge is 0.157 e. The van der Waals surface area contributed by atoms with Crippen molar-refractivity contribution in [3.05, 3.63) is 11.5 Å². The molecular formula is C8H11ClN4O2S. The number of hydrogen-bond acceptors (Lipinski definition) is 6. The number of hydrogen-bond donors (Lipinski definition) is 2. The van der Waals surface area contributed by atoms with E-state index in [0.29, 0.717) is 12.2 Å². The van der Waals surface area contributed by atoms with Crippen molar-refractivity contribution >= 4 is 32.9 Å². The predicted octanol–water partition coefficient (Wildman–Crippen LogP) is 0.311. The van der Waals surface area contributed by atoms with Gasteiger partial charge in [0.1, 0.15) is 12.0 Å². The lowest BCUT2D eigenvalue weighted by molar-refractivity contribution is 0.602. The Labute approximate surface area is 98.1 Å². The largest absolute Gasteiger partial charge is 0.393 e. The minimum absolute atomic E-state index is 0.105. The summed E-state index contributed by atoms with van der Waals surface area (Å²) in [6.07, 6.45) is 1.84. The van der Waals surface area contributed by atoms with Crippen molar-refractivity contribution in [2.45, 2.75) is 12.5 Å². The van der Waals surface area contributed by atoms with Crippen LogP contribution in [0.4, 0.5) is 11.5 Å². The Bertz CT molecular complexity index is 505. The Kier molecular flexibility index (Phi) is 2.90. The van der Waals surface area contributed by atoms with E-state index in [1.165, 1.54) is 6.33 Å². The van der Waals surface area contributed by atoms with Gasteiger partial charge >= 0.3 is 0 Å². The van der Waals surface area contributed by atoms with Crippen LogP contribution in [0, 0.1) is 0 Å². The zero-order valence-electron chi connectivity index (χ0n) is 8.35. The zero-order valence-corrected chi connectivity index (χ0v) is 9.92. The number of sulfone groups is 1. The third-order valence-corrected chi connectivity index (χ3v) is 4.48. The molecule has 2 rings (SSSR count). The number of aromatic nitrogens is 2. The molecule has 1 atom stereocenters. The van der Waals surface area contributed by atoms with Gasteiger partial charge in [0, 0.05) is 6.04 Å². The molecule has 0 bridgehead atoms. The van der Waals surface area contributed by atoms with E-state index in [0.717, 1.165) is 0 Å². The van der Waals surface area contributed by atoms with E-state index < -0.39 is 9.84 Å². The van der Waals surface area contributed by atoms with Gasteiger partial charge in [-0.3, -0.25) is 0 Å². The highest BCUT2D eigenvalue weighted by atomic mass is 35.5. The van der Waals surface area contributed by atoms with E-state index in [1.54, 1.807) is 0 Å². The molecule has 1 aliphatic heterocycles. The van der Waals surface area contributed by atoms with Crippen LogP contribution >= 0.6 is 11.6 Å².